The van der Waals surface area contributed by atoms with Crippen LogP contribution in [0, 0.1) is 18.3 Å². The first kappa shape index (κ1) is 17.7. The third-order valence-electron chi connectivity index (χ3n) is 3.70. The van der Waals surface area contributed by atoms with E-state index in [1.54, 1.807) is 18.2 Å². The van der Waals surface area contributed by atoms with E-state index in [1.165, 1.54) is 6.08 Å². The molecule has 0 saturated heterocycles. The summed E-state index contributed by atoms with van der Waals surface area (Å²) in [5, 5.41) is 12.0. The largest absolute Gasteiger partial charge is 0.457 e. The van der Waals surface area contributed by atoms with Gasteiger partial charge < -0.3 is 9.73 Å². The van der Waals surface area contributed by atoms with E-state index in [1.807, 2.05) is 55.5 Å². The minimum Gasteiger partial charge on any atom is -0.457 e. The average Bonchev–Trinajstić information content (AvgIpc) is 3.08. The Balaban J connectivity index is 1.83. The summed E-state index contributed by atoms with van der Waals surface area (Å²) in [6.07, 6.45) is 1.43. The van der Waals surface area contributed by atoms with Crippen LogP contribution in [0.4, 0.5) is 5.69 Å². The molecule has 128 valence electrons. The molecule has 0 saturated carbocycles. The molecule has 0 aliphatic carbocycles. The number of amides is 1. The van der Waals surface area contributed by atoms with Crippen molar-refractivity contribution < 1.29 is 9.21 Å². The van der Waals surface area contributed by atoms with Crippen molar-refractivity contribution in [1.82, 2.24) is 0 Å². The molecule has 3 rings (SSSR count). The Morgan fingerprint density at radius 2 is 1.92 bits per heavy atom. The second kappa shape index (κ2) is 7.85. The van der Waals surface area contributed by atoms with E-state index < -0.39 is 5.91 Å². The van der Waals surface area contributed by atoms with E-state index in [2.05, 4.69) is 21.2 Å². The lowest BCUT2D eigenvalue weighted by atomic mass is 10.1. The minimum absolute atomic E-state index is 0.0299. The van der Waals surface area contributed by atoms with Crippen LogP contribution in [0.3, 0.4) is 0 Å². The van der Waals surface area contributed by atoms with Crippen LogP contribution in [0.1, 0.15) is 11.3 Å². The maximum Gasteiger partial charge on any atom is 0.266 e. The number of carbonyl (C=O) groups excluding carboxylic acids is 1. The smallest absolute Gasteiger partial charge is 0.266 e. The van der Waals surface area contributed by atoms with Gasteiger partial charge in [-0.15, -0.1) is 0 Å². The predicted molar refractivity (Wildman–Crippen MR) is 105 cm³/mol. The van der Waals surface area contributed by atoms with Crippen molar-refractivity contribution in [3.63, 3.8) is 0 Å². The van der Waals surface area contributed by atoms with E-state index in [4.69, 9.17) is 4.42 Å². The molecule has 1 N–H and O–H groups in total. The van der Waals surface area contributed by atoms with Crippen molar-refractivity contribution in [2.45, 2.75) is 6.92 Å². The molecule has 2 aromatic carbocycles. The number of furan rings is 1. The molecule has 0 bridgehead atoms. The Kier molecular flexibility index (Phi) is 5.35. The van der Waals surface area contributed by atoms with Crippen molar-refractivity contribution in [3.8, 4) is 17.4 Å². The number of para-hydroxylation sites is 1. The first-order chi connectivity index (χ1) is 12.6. The van der Waals surface area contributed by atoms with Gasteiger partial charge in [0.1, 0.15) is 23.2 Å². The van der Waals surface area contributed by atoms with E-state index >= 15 is 0 Å². The molecule has 0 radical (unpaired) electrons. The van der Waals surface area contributed by atoms with Crippen molar-refractivity contribution in [2.24, 2.45) is 0 Å². The Morgan fingerprint density at radius 3 is 2.62 bits per heavy atom. The highest BCUT2D eigenvalue weighted by atomic mass is 79.9. The molecule has 1 heterocycles. The van der Waals surface area contributed by atoms with Gasteiger partial charge in [-0.3, -0.25) is 4.79 Å². The second-order valence-corrected chi connectivity index (χ2v) is 6.53. The fourth-order valence-electron chi connectivity index (χ4n) is 2.41. The zero-order valence-electron chi connectivity index (χ0n) is 14.0. The summed E-state index contributed by atoms with van der Waals surface area (Å²) in [7, 11) is 0. The first-order valence-corrected chi connectivity index (χ1v) is 8.70. The molecular formula is C21H15BrN2O2. The number of anilines is 1. The summed E-state index contributed by atoms with van der Waals surface area (Å²) >= 11 is 3.53. The molecular weight excluding hydrogens is 392 g/mol. The highest BCUT2D eigenvalue weighted by Crippen LogP contribution is 2.31. The zero-order valence-corrected chi connectivity index (χ0v) is 15.6. The molecule has 0 aliphatic rings. The molecule has 26 heavy (non-hydrogen) atoms. The van der Waals surface area contributed by atoms with Crippen LogP contribution in [0.2, 0.25) is 0 Å². The number of nitrogens with zero attached hydrogens (tertiary/aromatic N) is 1. The summed E-state index contributed by atoms with van der Waals surface area (Å²) < 4.78 is 6.71. The van der Waals surface area contributed by atoms with Crippen LogP contribution in [-0.2, 0) is 4.79 Å². The van der Waals surface area contributed by atoms with Gasteiger partial charge in [0.2, 0.25) is 0 Å². The lowest BCUT2D eigenvalue weighted by molar-refractivity contribution is -0.112. The van der Waals surface area contributed by atoms with E-state index in [0.29, 0.717) is 17.2 Å². The van der Waals surface area contributed by atoms with E-state index in [9.17, 15) is 10.1 Å². The molecule has 3 aromatic rings. The summed E-state index contributed by atoms with van der Waals surface area (Å²) in [6.45, 7) is 2.01. The molecule has 1 aromatic heterocycles. The highest BCUT2D eigenvalue weighted by Gasteiger charge is 2.12. The van der Waals surface area contributed by atoms with Gasteiger partial charge in [0.25, 0.3) is 5.91 Å². The molecule has 0 atom stereocenters. The number of benzene rings is 2. The molecule has 0 unspecified atom stereocenters. The normalized spacial score (nSPS) is 11.0. The van der Waals surface area contributed by atoms with Crippen LogP contribution in [0.25, 0.3) is 17.4 Å². The second-order valence-electron chi connectivity index (χ2n) is 5.68. The van der Waals surface area contributed by atoms with Crippen molar-refractivity contribution in [2.75, 3.05) is 5.32 Å². The fourth-order valence-corrected chi connectivity index (χ4v) is 3.09. The molecule has 0 fully saturated rings. The number of nitriles is 1. The van der Waals surface area contributed by atoms with Crippen molar-refractivity contribution in [3.05, 3.63) is 82.0 Å². The number of rotatable bonds is 4. The number of hydrogen-bond donors (Lipinski definition) is 1. The van der Waals surface area contributed by atoms with E-state index in [-0.39, 0.29) is 5.57 Å². The van der Waals surface area contributed by atoms with Gasteiger partial charge in [0, 0.05) is 21.8 Å². The van der Waals surface area contributed by atoms with Gasteiger partial charge >= 0.3 is 0 Å². The van der Waals surface area contributed by atoms with Gasteiger partial charge in [-0.1, -0.05) is 40.2 Å². The summed E-state index contributed by atoms with van der Waals surface area (Å²) in [6, 6.07) is 20.4. The maximum absolute atomic E-state index is 12.3. The zero-order chi connectivity index (χ0) is 18.5. The topological polar surface area (TPSA) is 66.0 Å². The molecule has 0 aliphatic heterocycles. The predicted octanol–water partition coefficient (Wildman–Crippen LogP) is 5.56. The van der Waals surface area contributed by atoms with Gasteiger partial charge in [-0.25, -0.2) is 0 Å². The Labute approximate surface area is 159 Å². The quantitative estimate of drug-likeness (QED) is 0.455. The highest BCUT2D eigenvalue weighted by molar-refractivity contribution is 9.10. The number of nitrogens with one attached hydrogen (secondary N) is 1. The average molecular weight is 407 g/mol. The van der Waals surface area contributed by atoms with Crippen molar-refractivity contribution >= 4 is 33.6 Å². The van der Waals surface area contributed by atoms with Crippen LogP contribution in [-0.4, -0.2) is 5.91 Å². The number of aryl methyl sites for hydroxylation is 1. The number of hydrogen-bond acceptors (Lipinski definition) is 3. The summed E-state index contributed by atoms with van der Waals surface area (Å²) in [5.74, 6) is 0.615. The van der Waals surface area contributed by atoms with Gasteiger partial charge in [0.15, 0.2) is 0 Å². The van der Waals surface area contributed by atoms with Gasteiger partial charge in [-0.05, 0) is 48.9 Å². The van der Waals surface area contributed by atoms with Gasteiger partial charge in [0.05, 0.1) is 0 Å². The van der Waals surface area contributed by atoms with Crippen molar-refractivity contribution in [1.29, 1.82) is 5.26 Å². The molecule has 0 spiro atoms. The summed E-state index contributed by atoms with van der Waals surface area (Å²) in [5.41, 5.74) is 2.64. The Hall–Kier alpha value is -3.10. The molecule has 4 nitrogen and oxygen atoms in total. The maximum atomic E-state index is 12.3. The number of carbonyl (C=O) groups is 1. The van der Waals surface area contributed by atoms with E-state index in [0.717, 1.165) is 15.6 Å². The Bertz CT molecular complexity index is 1010. The van der Waals surface area contributed by atoms with Crippen LogP contribution in [0.5, 0.6) is 0 Å². The SMILES string of the molecule is Cc1ccc(-c2ccc(C=C(C#N)C(=O)Nc3ccccc3)o2)c(Br)c1. The van der Waals surface area contributed by atoms with Crippen LogP contribution >= 0.6 is 15.9 Å². The Morgan fingerprint density at radius 1 is 1.15 bits per heavy atom. The third-order valence-corrected chi connectivity index (χ3v) is 4.36. The lowest BCUT2D eigenvalue weighted by Crippen LogP contribution is -2.13. The van der Waals surface area contributed by atoms with Crippen LogP contribution < -0.4 is 5.32 Å². The van der Waals surface area contributed by atoms with Gasteiger partial charge in [-0.2, -0.15) is 5.26 Å². The standard InChI is InChI=1S/C21H15BrN2O2/c1-14-7-9-18(19(22)11-14)20-10-8-17(26-20)12-15(13-23)21(25)24-16-5-3-2-4-6-16/h2-12H,1H3,(H,24,25). The van der Waals surface area contributed by atoms with Crippen LogP contribution in [0.15, 0.2) is 75.1 Å². The first-order valence-electron chi connectivity index (χ1n) is 7.91. The minimum atomic E-state index is -0.479. The number of halogens is 1. The monoisotopic (exact) mass is 406 g/mol. The fraction of sp³-hybridized carbons (Fsp3) is 0.0476. The molecule has 5 heteroatoms. The molecule has 1 amide bonds. The lowest BCUT2D eigenvalue weighted by Gasteiger charge is -2.03. The third kappa shape index (κ3) is 4.11. The summed E-state index contributed by atoms with van der Waals surface area (Å²) in [4.78, 5) is 12.3.